The van der Waals surface area contributed by atoms with Crippen LogP contribution >= 0.6 is 0 Å². The third-order valence-electron chi connectivity index (χ3n) is 6.37. The molecule has 2 aliphatic heterocycles. The largest absolute Gasteiger partial charge is 0.396 e. The van der Waals surface area contributed by atoms with E-state index in [-0.39, 0.29) is 23.8 Å². The summed E-state index contributed by atoms with van der Waals surface area (Å²) < 4.78 is 1.78. The van der Waals surface area contributed by atoms with Gasteiger partial charge in [-0.15, -0.1) is 0 Å². The molecule has 2 saturated heterocycles. The van der Waals surface area contributed by atoms with Crippen LogP contribution in [0.3, 0.4) is 0 Å². The highest BCUT2D eigenvalue weighted by molar-refractivity contribution is 5.76. The summed E-state index contributed by atoms with van der Waals surface area (Å²) in [4.78, 5) is 25.6. The highest BCUT2D eigenvalue weighted by Crippen LogP contribution is 2.45. The highest BCUT2D eigenvalue weighted by atomic mass is 16.3. The molecule has 150 valence electrons. The van der Waals surface area contributed by atoms with Gasteiger partial charge in [0.2, 0.25) is 11.9 Å². The predicted octanol–water partition coefficient (Wildman–Crippen LogP) is 1.03. The molecule has 2 aliphatic rings. The van der Waals surface area contributed by atoms with Crippen molar-refractivity contribution in [3.05, 3.63) is 35.9 Å². The van der Waals surface area contributed by atoms with Gasteiger partial charge in [0.05, 0.1) is 5.69 Å². The van der Waals surface area contributed by atoms with E-state index in [4.69, 9.17) is 0 Å². The molecular formula is C20H28N6O2. The number of piperidine rings is 1. The molecule has 4 rings (SSSR count). The van der Waals surface area contributed by atoms with Crippen molar-refractivity contribution in [3.63, 3.8) is 0 Å². The lowest BCUT2D eigenvalue weighted by Gasteiger charge is -2.42. The summed E-state index contributed by atoms with van der Waals surface area (Å²) in [5, 5.41) is 14.4. The molecule has 2 aromatic rings. The third-order valence-corrected chi connectivity index (χ3v) is 6.37. The SMILES string of the molecule is Cc1cc(C)n(CC(=O)N2CCC3(CC2)CN(c2ncccn2)CC3CO)n1. The van der Waals surface area contributed by atoms with Crippen LogP contribution in [-0.2, 0) is 11.3 Å². The van der Waals surface area contributed by atoms with Crippen molar-refractivity contribution in [2.45, 2.75) is 33.2 Å². The van der Waals surface area contributed by atoms with Crippen molar-refractivity contribution in [1.29, 1.82) is 0 Å². The first-order valence-electron chi connectivity index (χ1n) is 9.92. The van der Waals surface area contributed by atoms with Crippen molar-refractivity contribution in [1.82, 2.24) is 24.6 Å². The van der Waals surface area contributed by atoms with Gasteiger partial charge in [-0.05, 0) is 44.2 Å². The van der Waals surface area contributed by atoms with Gasteiger partial charge < -0.3 is 14.9 Å². The molecule has 0 radical (unpaired) electrons. The number of carbonyl (C=O) groups is 1. The van der Waals surface area contributed by atoms with Crippen LogP contribution < -0.4 is 4.90 Å². The first-order chi connectivity index (χ1) is 13.5. The molecular weight excluding hydrogens is 356 g/mol. The van der Waals surface area contributed by atoms with Gasteiger partial charge in [0, 0.05) is 56.8 Å². The second-order valence-electron chi connectivity index (χ2n) is 8.14. The Hall–Kier alpha value is -2.48. The van der Waals surface area contributed by atoms with Gasteiger partial charge in [0.1, 0.15) is 6.54 Å². The summed E-state index contributed by atoms with van der Waals surface area (Å²) in [6, 6.07) is 3.80. The monoisotopic (exact) mass is 384 g/mol. The molecule has 1 atom stereocenters. The number of likely N-dealkylation sites (tertiary alicyclic amines) is 1. The Morgan fingerprint density at radius 3 is 2.57 bits per heavy atom. The number of rotatable bonds is 4. The fourth-order valence-electron chi connectivity index (χ4n) is 4.72. The second kappa shape index (κ2) is 7.50. The van der Waals surface area contributed by atoms with Gasteiger partial charge in [0.25, 0.3) is 0 Å². The lowest BCUT2D eigenvalue weighted by molar-refractivity contribution is -0.134. The average molecular weight is 384 g/mol. The minimum Gasteiger partial charge on any atom is -0.396 e. The number of aryl methyl sites for hydroxylation is 2. The average Bonchev–Trinajstić information content (AvgIpc) is 3.22. The van der Waals surface area contributed by atoms with Crippen molar-refractivity contribution < 1.29 is 9.90 Å². The van der Waals surface area contributed by atoms with E-state index < -0.39 is 0 Å². The Labute approximate surface area is 165 Å². The molecule has 1 amide bonds. The zero-order chi connectivity index (χ0) is 19.7. The molecule has 8 nitrogen and oxygen atoms in total. The molecule has 2 fully saturated rings. The number of carbonyl (C=O) groups excluding carboxylic acids is 1. The standard InChI is InChI=1S/C20H28N6O2/c1-15-10-16(2)26(23-15)12-18(28)24-8-4-20(5-9-24)14-25(11-17(20)13-27)19-21-6-3-7-22-19/h3,6-7,10,17,27H,4-5,8-9,11-14H2,1-2H3. The number of aromatic nitrogens is 4. The van der Waals surface area contributed by atoms with Crippen LogP contribution in [0.5, 0.6) is 0 Å². The quantitative estimate of drug-likeness (QED) is 0.847. The van der Waals surface area contributed by atoms with Crippen molar-refractivity contribution in [3.8, 4) is 0 Å². The first kappa shape index (κ1) is 18.9. The van der Waals surface area contributed by atoms with E-state index in [2.05, 4.69) is 20.0 Å². The van der Waals surface area contributed by atoms with E-state index in [0.717, 1.165) is 56.4 Å². The van der Waals surface area contributed by atoms with Crippen LogP contribution in [0.15, 0.2) is 24.5 Å². The fourth-order valence-corrected chi connectivity index (χ4v) is 4.72. The first-order valence-corrected chi connectivity index (χ1v) is 9.92. The molecule has 0 aliphatic carbocycles. The van der Waals surface area contributed by atoms with Gasteiger partial charge in [-0.1, -0.05) is 0 Å². The normalized spacial score (nSPS) is 21.5. The Bertz CT molecular complexity index is 828. The van der Waals surface area contributed by atoms with Crippen LogP contribution in [0, 0.1) is 25.2 Å². The summed E-state index contributed by atoms with van der Waals surface area (Å²) in [5.74, 6) is 1.02. The molecule has 0 aromatic carbocycles. The highest BCUT2D eigenvalue weighted by Gasteiger charge is 2.48. The summed E-state index contributed by atoms with van der Waals surface area (Å²) in [6.45, 7) is 7.40. The number of aliphatic hydroxyl groups excluding tert-OH is 1. The van der Waals surface area contributed by atoms with E-state index in [9.17, 15) is 9.90 Å². The molecule has 0 saturated carbocycles. The smallest absolute Gasteiger partial charge is 0.244 e. The molecule has 1 N–H and O–H groups in total. The van der Waals surface area contributed by atoms with E-state index in [1.165, 1.54) is 0 Å². The second-order valence-corrected chi connectivity index (χ2v) is 8.14. The minimum absolute atomic E-state index is 0.0168. The van der Waals surface area contributed by atoms with E-state index in [1.54, 1.807) is 17.1 Å². The Balaban J connectivity index is 1.41. The number of amides is 1. The predicted molar refractivity (Wildman–Crippen MR) is 105 cm³/mol. The Kier molecular flexibility index (Phi) is 5.05. The van der Waals surface area contributed by atoms with Gasteiger partial charge in [0.15, 0.2) is 0 Å². The maximum Gasteiger partial charge on any atom is 0.244 e. The van der Waals surface area contributed by atoms with Crippen LogP contribution in [0.4, 0.5) is 5.95 Å². The molecule has 2 aromatic heterocycles. The van der Waals surface area contributed by atoms with Gasteiger partial charge in [-0.3, -0.25) is 9.48 Å². The van der Waals surface area contributed by atoms with Gasteiger partial charge in [-0.2, -0.15) is 5.10 Å². The lowest BCUT2D eigenvalue weighted by Crippen LogP contribution is -2.48. The topological polar surface area (TPSA) is 87.4 Å². The van der Waals surface area contributed by atoms with Gasteiger partial charge >= 0.3 is 0 Å². The molecule has 1 spiro atoms. The maximum absolute atomic E-state index is 12.8. The maximum atomic E-state index is 12.8. The summed E-state index contributed by atoms with van der Waals surface area (Å²) in [6.07, 6.45) is 5.29. The van der Waals surface area contributed by atoms with Gasteiger partial charge in [-0.25, -0.2) is 9.97 Å². The summed E-state index contributed by atoms with van der Waals surface area (Å²) >= 11 is 0. The molecule has 8 heteroatoms. The zero-order valence-corrected chi connectivity index (χ0v) is 16.6. The summed E-state index contributed by atoms with van der Waals surface area (Å²) in [7, 11) is 0. The molecule has 0 bridgehead atoms. The Morgan fingerprint density at radius 2 is 1.96 bits per heavy atom. The number of hydrogen-bond donors (Lipinski definition) is 1. The zero-order valence-electron chi connectivity index (χ0n) is 16.6. The van der Waals surface area contributed by atoms with E-state index in [0.29, 0.717) is 6.54 Å². The number of nitrogens with zero attached hydrogens (tertiary/aromatic N) is 6. The minimum atomic E-state index is 0.0168. The van der Waals surface area contributed by atoms with Crippen molar-refractivity contribution in [2.24, 2.45) is 11.3 Å². The van der Waals surface area contributed by atoms with Crippen molar-refractivity contribution >= 4 is 11.9 Å². The molecule has 4 heterocycles. The third kappa shape index (κ3) is 3.48. The van der Waals surface area contributed by atoms with Crippen molar-refractivity contribution in [2.75, 3.05) is 37.7 Å². The summed E-state index contributed by atoms with van der Waals surface area (Å²) in [5.41, 5.74) is 1.96. The van der Waals surface area contributed by atoms with Crippen LogP contribution in [-0.4, -0.2) is 68.4 Å². The number of aliphatic hydroxyl groups is 1. The number of hydrogen-bond acceptors (Lipinski definition) is 6. The molecule has 1 unspecified atom stereocenters. The fraction of sp³-hybridized carbons (Fsp3) is 0.600. The Morgan fingerprint density at radius 1 is 1.25 bits per heavy atom. The lowest BCUT2D eigenvalue weighted by atomic mass is 9.71. The number of anilines is 1. The van der Waals surface area contributed by atoms with Crippen LogP contribution in [0.2, 0.25) is 0 Å². The van der Waals surface area contributed by atoms with E-state index >= 15 is 0 Å². The van der Waals surface area contributed by atoms with E-state index in [1.807, 2.05) is 30.9 Å². The van der Waals surface area contributed by atoms with Crippen LogP contribution in [0.25, 0.3) is 0 Å². The molecule has 28 heavy (non-hydrogen) atoms. The van der Waals surface area contributed by atoms with Crippen LogP contribution in [0.1, 0.15) is 24.2 Å².